The molecule has 0 amide bonds. The SMILES string of the molecule is Nc1nc(-c2ccccc2)nc2sc3c(c12)CC[NH+](Cc1ccccc1)C3. The van der Waals surface area contributed by atoms with E-state index >= 15 is 0 Å². The van der Waals surface area contributed by atoms with E-state index in [9.17, 15) is 0 Å². The van der Waals surface area contributed by atoms with E-state index in [1.807, 2.05) is 30.3 Å². The maximum atomic E-state index is 6.37. The number of nitrogens with zero attached hydrogens (tertiary/aromatic N) is 2. The highest BCUT2D eigenvalue weighted by Gasteiger charge is 2.26. The Morgan fingerprint density at radius 3 is 2.48 bits per heavy atom. The van der Waals surface area contributed by atoms with Gasteiger partial charge in [0.25, 0.3) is 0 Å². The minimum absolute atomic E-state index is 0.614. The number of rotatable bonds is 3. The van der Waals surface area contributed by atoms with Crippen molar-refractivity contribution in [3.8, 4) is 11.4 Å². The van der Waals surface area contributed by atoms with Gasteiger partial charge in [-0.05, 0) is 5.56 Å². The molecule has 0 fully saturated rings. The van der Waals surface area contributed by atoms with Gasteiger partial charge in [-0.3, -0.25) is 0 Å². The average molecular weight is 374 g/mol. The van der Waals surface area contributed by atoms with E-state index in [1.54, 1.807) is 16.2 Å². The Labute approximate surface area is 162 Å². The zero-order chi connectivity index (χ0) is 18.2. The summed E-state index contributed by atoms with van der Waals surface area (Å²) in [5.41, 5.74) is 10.1. The summed E-state index contributed by atoms with van der Waals surface area (Å²) in [4.78, 5) is 13.5. The van der Waals surface area contributed by atoms with Crippen LogP contribution in [0.3, 0.4) is 0 Å². The maximum Gasteiger partial charge on any atom is 0.163 e. The maximum absolute atomic E-state index is 6.37. The summed E-state index contributed by atoms with van der Waals surface area (Å²) in [5, 5.41) is 1.08. The molecule has 5 rings (SSSR count). The van der Waals surface area contributed by atoms with E-state index < -0.39 is 0 Å². The molecule has 0 saturated carbocycles. The minimum Gasteiger partial charge on any atom is -0.383 e. The summed E-state index contributed by atoms with van der Waals surface area (Å²) < 4.78 is 0. The van der Waals surface area contributed by atoms with Crippen molar-refractivity contribution in [3.05, 3.63) is 76.7 Å². The molecule has 3 N–H and O–H groups in total. The third kappa shape index (κ3) is 3.09. The third-order valence-corrected chi connectivity index (χ3v) is 6.36. The van der Waals surface area contributed by atoms with Crippen LogP contribution in [0.4, 0.5) is 5.82 Å². The van der Waals surface area contributed by atoms with Gasteiger partial charge in [0.05, 0.1) is 16.8 Å². The largest absolute Gasteiger partial charge is 0.383 e. The third-order valence-electron chi connectivity index (χ3n) is 5.23. The lowest BCUT2D eigenvalue weighted by atomic mass is 10.0. The lowest BCUT2D eigenvalue weighted by Crippen LogP contribution is -3.10. The van der Waals surface area contributed by atoms with Crippen molar-refractivity contribution in [3.63, 3.8) is 0 Å². The molecule has 2 aromatic carbocycles. The van der Waals surface area contributed by atoms with Crippen LogP contribution < -0.4 is 10.6 Å². The number of benzene rings is 2. The predicted octanol–water partition coefficient (Wildman–Crippen LogP) is 3.08. The van der Waals surface area contributed by atoms with Crippen molar-refractivity contribution in [1.82, 2.24) is 9.97 Å². The Bertz CT molecular complexity index is 1090. The molecule has 4 nitrogen and oxygen atoms in total. The van der Waals surface area contributed by atoms with Crippen LogP contribution in [0.15, 0.2) is 60.7 Å². The van der Waals surface area contributed by atoms with Crippen molar-refractivity contribution in [2.45, 2.75) is 19.5 Å². The van der Waals surface area contributed by atoms with Crippen LogP contribution in [0.2, 0.25) is 0 Å². The fourth-order valence-corrected chi connectivity index (χ4v) is 5.21. The minimum atomic E-state index is 0.614. The second-order valence-electron chi connectivity index (χ2n) is 7.07. The number of aromatic nitrogens is 2. The van der Waals surface area contributed by atoms with Gasteiger partial charge in [-0.25, -0.2) is 9.97 Å². The molecule has 1 unspecified atom stereocenters. The molecular weight excluding hydrogens is 352 g/mol. The van der Waals surface area contributed by atoms with Gasteiger partial charge in [-0.1, -0.05) is 60.7 Å². The molecule has 0 saturated heterocycles. The number of hydrogen-bond acceptors (Lipinski definition) is 4. The summed E-state index contributed by atoms with van der Waals surface area (Å²) in [6.07, 6.45) is 1.04. The number of nitrogens with one attached hydrogen (secondary N) is 1. The van der Waals surface area contributed by atoms with Crippen LogP contribution in [0.5, 0.6) is 0 Å². The van der Waals surface area contributed by atoms with Crippen LogP contribution in [0, 0.1) is 0 Å². The number of anilines is 1. The molecule has 0 aliphatic carbocycles. The molecule has 134 valence electrons. The number of fused-ring (bicyclic) bond motifs is 3. The molecule has 27 heavy (non-hydrogen) atoms. The van der Waals surface area contributed by atoms with Gasteiger partial charge >= 0.3 is 0 Å². The summed E-state index contributed by atoms with van der Waals surface area (Å²) >= 11 is 1.79. The molecule has 0 radical (unpaired) electrons. The standard InChI is InChI=1S/C22H20N4S/c23-20-19-17-11-12-26(13-15-7-3-1-4-8-15)14-18(17)27-22(19)25-21(24-20)16-9-5-2-6-10-16/h1-10H,11-14H2,(H2,23,24,25)/p+1. The van der Waals surface area contributed by atoms with Crippen LogP contribution in [0.1, 0.15) is 16.0 Å². The Kier molecular flexibility index (Phi) is 4.11. The first-order valence-electron chi connectivity index (χ1n) is 9.28. The molecule has 2 aromatic heterocycles. The van der Waals surface area contributed by atoms with Gasteiger partial charge < -0.3 is 10.6 Å². The van der Waals surface area contributed by atoms with E-state index in [-0.39, 0.29) is 0 Å². The molecule has 1 aliphatic rings. The van der Waals surface area contributed by atoms with Crippen LogP contribution in [0.25, 0.3) is 21.6 Å². The van der Waals surface area contributed by atoms with Gasteiger partial charge in [0.1, 0.15) is 23.7 Å². The van der Waals surface area contributed by atoms with Gasteiger partial charge in [0.2, 0.25) is 0 Å². The molecule has 5 heteroatoms. The molecular formula is C22H21N4S+. The Balaban J connectivity index is 1.49. The van der Waals surface area contributed by atoms with Crippen molar-refractivity contribution in [2.75, 3.05) is 12.3 Å². The number of hydrogen-bond donors (Lipinski definition) is 2. The quantitative estimate of drug-likeness (QED) is 0.580. The first-order valence-corrected chi connectivity index (χ1v) is 10.1. The van der Waals surface area contributed by atoms with E-state index in [2.05, 4.69) is 35.3 Å². The van der Waals surface area contributed by atoms with Crippen molar-refractivity contribution in [2.24, 2.45) is 0 Å². The molecule has 3 heterocycles. The van der Waals surface area contributed by atoms with E-state index in [4.69, 9.17) is 10.7 Å². The topological polar surface area (TPSA) is 56.2 Å². The number of thiophene rings is 1. The highest BCUT2D eigenvalue weighted by atomic mass is 32.1. The first-order chi connectivity index (χ1) is 13.3. The molecule has 4 aromatic rings. The fraction of sp³-hybridized carbons (Fsp3) is 0.182. The van der Waals surface area contributed by atoms with Crippen LogP contribution >= 0.6 is 11.3 Å². The van der Waals surface area contributed by atoms with Gasteiger partial charge in [-0.15, -0.1) is 11.3 Å². The monoisotopic (exact) mass is 373 g/mol. The second kappa shape index (κ2) is 6.76. The van der Waals surface area contributed by atoms with Crippen molar-refractivity contribution < 1.29 is 4.90 Å². The van der Waals surface area contributed by atoms with Gasteiger partial charge in [0.15, 0.2) is 5.82 Å². The second-order valence-corrected chi connectivity index (χ2v) is 8.16. The normalized spacial score (nSPS) is 16.4. The lowest BCUT2D eigenvalue weighted by molar-refractivity contribution is -0.929. The van der Waals surface area contributed by atoms with Crippen LogP contribution in [-0.4, -0.2) is 16.5 Å². The Morgan fingerprint density at radius 1 is 0.963 bits per heavy atom. The van der Waals surface area contributed by atoms with Crippen molar-refractivity contribution in [1.29, 1.82) is 0 Å². The Morgan fingerprint density at radius 2 is 1.70 bits per heavy atom. The molecule has 0 spiro atoms. The van der Waals surface area contributed by atoms with Crippen LogP contribution in [-0.2, 0) is 19.5 Å². The van der Waals surface area contributed by atoms with Gasteiger partial charge in [-0.2, -0.15) is 0 Å². The smallest absolute Gasteiger partial charge is 0.163 e. The number of nitrogen functional groups attached to an aromatic ring is 1. The fourth-order valence-electron chi connectivity index (χ4n) is 3.91. The summed E-state index contributed by atoms with van der Waals surface area (Å²) in [6, 6.07) is 20.8. The zero-order valence-electron chi connectivity index (χ0n) is 15.0. The van der Waals surface area contributed by atoms with E-state index in [0.29, 0.717) is 11.6 Å². The first kappa shape index (κ1) is 16.4. The van der Waals surface area contributed by atoms with Gasteiger partial charge in [0, 0.05) is 17.5 Å². The zero-order valence-corrected chi connectivity index (χ0v) is 15.8. The Hall–Kier alpha value is -2.76. The predicted molar refractivity (Wildman–Crippen MR) is 111 cm³/mol. The highest BCUT2D eigenvalue weighted by Crippen LogP contribution is 2.35. The number of nitrogens with two attached hydrogens (primary N) is 1. The lowest BCUT2D eigenvalue weighted by Gasteiger charge is -2.24. The van der Waals surface area contributed by atoms with E-state index in [0.717, 1.165) is 41.8 Å². The molecule has 1 atom stereocenters. The van der Waals surface area contributed by atoms with Crippen molar-refractivity contribution >= 4 is 27.4 Å². The molecule has 1 aliphatic heterocycles. The highest BCUT2D eigenvalue weighted by molar-refractivity contribution is 7.19. The summed E-state index contributed by atoms with van der Waals surface area (Å²) in [7, 11) is 0. The summed E-state index contributed by atoms with van der Waals surface area (Å²) in [5.74, 6) is 1.33. The average Bonchev–Trinajstić information content (AvgIpc) is 3.07. The molecule has 0 bridgehead atoms. The number of quaternary nitrogens is 1. The summed E-state index contributed by atoms with van der Waals surface area (Å²) in [6.45, 7) is 3.21. The van der Waals surface area contributed by atoms with E-state index in [1.165, 1.54) is 16.0 Å².